The molecule has 0 spiro atoms. The van der Waals surface area contributed by atoms with Crippen molar-refractivity contribution >= 4 is 17.5 Å². The van der Waals surface area contributed by atoms with Gasteiger partial charge < -0.3 is 4.90 Å². The fourth-order valence-electron chi connectivity index (χ4n) is 1.74. The summed E-state index contributed by atoms with van der Waals surface area (Å²) in [6.07, 6.45) is 6.29. The highest BCUT2D eigenvalue weighted by Gasteiger charge is 2.27. The maximum atomic E-state index is 12.2. The van der Waals surface area contributed by atoms with Crippen molar-refractivity contribution in [3.05, 3.63) is 23.2 Å². The van der Waals surface area contributed by atoms with E-state index in [9.17, 15) is 4.79 Å². The van der Waals surface area contributed by atoms with Crippen molar-refractivity contribution in [1.82, 2.24) is 14.9 Å². The van der Waals surface area contributed by atoms with Gasteiger partial charge in [-0.05, 0) is 25.2 Å². The predicted octanol–water partition coefficient (Wildman–Crippen LogP) is 2.39. The summed E-state index contributed by atoms with van der Waals surface area (Å²) in [6.45, 7) is 3.69. The van der Waals surface area contributed by atoms with Gasteiger partial charge in [0, 0.05) is 13.1 Å². The molecular formula is C12H16ClN3O. The van der Waals surface area contributed by atoms with Gasteiger partial charge in [0.05, 0.1) is 12.4 Å². The van der Waals surface area contributed by atoms with Gasteiger partial charge in [-0.1, -0.05) is 18.5 Å². The number of carbonyl (C=O) groups is 1. The summed E-state index contributed by atoms with van der Waals surface area (Å²) in [5.74, 6) is 0.647. The van der Waals surface area contributed by atoms with Gasteiger partial charge in [-0.15, -0.1) is 0 Å². The lowest BCUT2D eigenvalue weighted by atomic mass is 10.3. The average molecular weight is 254 g/mol. The van der Waals surface area contributed by atoms with Gasteiger partial charge in [0.25, 0.3) is 5.91 Å². The molecular weight excluding hydrogens is 238 g/mol. The Balaban J connectivity index is 2.05. The van der Waals surface area contributed by atoms with Crippen LogP contribution in [0.4, 0.5) is 0 Å². The number of hydrogen-bond donors (Lipinski definition) is 0. The SMILES string of the molecule is CCCN(CC1CC1)C(=O)c1cnc(Cl)cn1. The molecule has 5 heteroatoms. The van der Waals surface area contributed by atoms with Crippen LogP contribution < -0.4 is 0 Å². The Labute approximate surface area is 106 Å². The Morgan fingerprint density at radius 2 is 2.24 bits per heavy atom. The number of amides is 1. The largest absolute Gasteiger partial charge is 0.337 e. The molecule has 17 heavy (non-hydrogen) atoms. The molecule has 0 bridgehead atoms. The van der Waals surface area contributed by atoms with Crippen LogP contribution in [0.3, 0.4) is 0 Å². The van der Waals surface area contributed by atoms with Crippen molar-refractivity contribution in [2.45, 2.75) is 26.2 Å². The Kier molecular flexibility index (Phi) is 3.94. The molecule has 0 unspecified atom stereocenters. The van der Waals surface area contributed by atoms with Crippen molar-refractivity contribution < 1.29 is 4.79 Å². The Hall–Kier alpha value is -1.16. The van der Waals surface area contributed by atoms with Gasteiger partial charge >= 0.3 is 0 Å². The van der Waals surface area contributed by atoms with Crippen LogP contribution in [0.25, 0.3) is 0 Å². The molecule has 92 valence electrons. The maximum Gasteiger partial charge on any atom is 0.274 e. The van der Waals surface area contributed by atoms with E-state index >= 15 is 0 Å². The predicted molar refractivity (Wildman–Crippen MR) is 66.0 cm³/mol. The van der Waals surface area contributed by atoms with Crippen molar-refractivity contribution in [2.24, 2.45) is 5.92 Å². The number of hydrogen-bond acceptors (Lipinski definition) is 3. The first-order chi connectivity index (χ1) is 8.20. The minimum absolute atomic E-state index is 0.0390. The summed E-state index contributed by atoms with van der Waals surface area (Å²) >= 11 is 5.65. The van der Waals surface area contributed by atoms with Gasteiger partial charge in [-0.3, -0.25) is 4.79 Å². The molecule has 0 N–H and O–H groups in total. The minimum atomic E-state index is -0.0390. The zero-order chi connectivity index (χ0) is 12.3. The number of nitrogens with zero attached hydrogens (tertiary/aromatic N) is 3. The smallest absolute Gasteiger partial charge is 0.274 e. The molecule has 2 rings (SSSR count). The maximum absolute atomic E-state index is 12.2. The van der Waals surface area contributed by atoms with Crippen LogP contribution in [0, 0.1) is 5.92 Å². The van der Waals surface area contributed by atoms with E-state index in [2.05, 4.69) is 16.9 Å². The van der Waals surface area contributed by atoms with Gasteiger partial charge in [-0.2, -0.15) is 0 Å². The van der Waals surface area contributed by atoms with Gasteiger partial charge in [0.2, 0.25) is 0 Å². The Bertz CT molecular complexity index is 389. The first kappa shape index (κ1) is 12.3. The summed E-state index contributed by atoms with van der Waals surface area (Å²) in [5.41, 5.74) is 0.378. The van der Waals surface area contributed by atoms with Crippen molar-refractivity contribution in [1.29, 1.82) is 0 Å². The van der Waals surface area contributed by atoms with E-state index in [0.717, 1.165) is 19.5 Å². The molecule has 0 radical (unpaired) electrons. The minimum Gasteiger partial charge on any atom is -0.337 e. The molecule has 0 aliphatic heterocycles. The summed E-state index contributed by atoms with van der Waals surface area (Å²) in [7, 11) is 0. The molecule has 0 saturated heterocycles. The zero-order valence-corrected chi connectivity index (χ0v) is 10.7. The highest BCUT2D eigenvalue weighted by Crippen LogP contribution is 2.30. The second-order valence-electron chi connectivity index (χ2n) is 4.42. The van der Waals surface area contributed by atoms with E-state index in [-0.39, 0.29) is 5.91 Å². The number of rotatable bonds is 5. The number of halogens is 1. The van der Waals surface area contributed by atoms with Crippen LogP contribution >= 0.6 is 11.6 Å². The monoisotopic (exact) mass is 253 g/mol. The van der Waals surface area contributed by atoms with Crippen molar-refractivity contribution in [3.8, 4) is 0 Å². The highest BCUT2D eigenvalue weighted by atomic mass is 35.5. The van der Waals surface area contributed by atoms with E-state index in [1.54, 1.807) is 0 Å². The summed E-state index contributed by atoms with van der Waals surface area (Å²) in [6, 6.07) is 0. The molecule has 0 atom stereocenters. The molecule has 1 aliphatic carbocycles. The van der Waals surface area contributed by atoms with E-state index in [1.165, 1.54) is 25.2 Å². The molecule has 1 fully saturated rings. The second-order valence-corrected chi connectivity index (χ2v) is 4.81. The lowest BCUT2D eigenvalue weighted by Crippen LogP contribution is -2.34. The fourth-order valence-corrected chi connectivity index (χ4v) is 1.84. The van der Waals surface area contributed by atoms with Crippen LogP contribution in [-0.4, -0.2) is 33.9 Å². The molecule has 0 aromatic carbocycles. The van der Waals surface area contributed by atoms with Crippen LogP contribution in [0.1, 0.15) is 36.7 Å². The molecule has 1 aromatic heterocycles. The van der Waals surface area contributed by atoms with Crippen LogP contribution in [0.5, 0.6) is 0 Å². The Morgan fingerprint density at radius 1 is 1.47 bits per heavy atom. The van der Waals surface area contributed by atoms with Crippen LogP contribution in [0.2, 0.25) is 5.15 Å². The van der Waals surface area contributed by atoms with Crippen LogP contribution in [0.15, 0.2) is 12.4 Å². The van der Waals surface area contributed by atoms with E-state index in [4.69, 9.17) is 11.6 Å². The molecule has 1 heterocycles. The summed E-state index contributed by atoms with van der Waals surface area (Å²) in [5, 5.41) is 0.311. The number of carbonyl (C=O) groups excluding carboxylic acids is 1. The van der Waals surface area contributed by atoms with E-state index < -0.39 is 0 Å². The van der Waals surface area contributed by atoms with E-state index in [1.807, 2.05) is 4.90 Å². The zero-order valence-electron chi connectivity index (χ0n) is 9.90. The normalized spacial score (nSPS) is 14.7. The lowest BCUT2D eigenvalue weighted by molar-refractivity contribution is 0.0741. The Morgan fingerprint density at radius 3 is 2.76 bits per heavy atom. The first-order valence-electron chi connectivity index (χ1n) is 5.97. The molecule has 1 saturated carbocycles. The van der Waals surface area contributed by atoms with Crippen molar-refractivity contribution in [3.63, 3.8) is 0 Å². The van der Waals surface area contributed by atoms with Crippen LogP contribution in [-0.2, 0) is 0 Å². The first-order valence-corrected chi connectivity index (χ1v) is 6.35. The summed E-state index contributed by atoms with van der Waals surface area (Å²) in [4.78, 5) is 22.0. The fraction of sp³-hybridized carbons (Fsp3) is 0.583. The molecule has 1 aliphatic rings. The standard InChI is InChI=1S/C12H16ClN3O/c1-2-5-16(8-9-3-4-9)12(17)10-6-15-11(13)7-14-10/h6-7,9H,2-5,8H2,1H3. The average Bonchev–Trinajstić information content (AvgIpc) is 3.13. The highest BCUT2D eigenvalue weighted by molar-refractivity contribution is 6.29. The third-order valence-electron chi connectivity index (χ3n) is 2.80. The van der Waals surface area contributed by atoms with Gasteiger partial charge in [0.15, 0.2) is 0 Å². The molecule has 1 amide bonds. The van der Waals surface area contributed by atoms with Crippen molar-refractivity contribution in [2.75, 3.05) is 13.1 Å². The van der Waals surface area contributed by atoms with E-state index in [0.29, 0.717) is 16.8 Å². The van der Waals surface area contributed by atoms with Gasteiger partial charge in [-0.25, -0.2) is 9.97 Å². The van der Waals surface area contributed by atoms with Gasteiger partial charge in [0.1, 0.15) is 10.8 Å². The number of aromatic nitrogens is 2. The lowest BCUT2D eigenvalue weighted by Gasteiger charge is -2.21. The second kappa shape index (κ2) is 5.45. The molecule has 4 nitrogen and oxygen atoms in total. The topological polar surface area (TPSA) is 46.1 Å². The third kappa shape index (κ3) is 3.40. The quantitative estimate of drug-likeness (QED) is 0.810. The molecule has 1 aromatic rings. The summed E-state index contributed by atoms with van der Waals surface area (Å²) < 4.78 is 0. The third-order valence-corrected chi connectivity index (χ3v) is 2.99.